The molecule has 1 fully saturated rings. The minimum absolute atomic E-state index is 0.291. The monoisotopic (exact) mass is 412 g/mol. The van der Waals surface area contributed by atoms with Gasteiger partial charge in [0.05, 0.1) is 19.3 Å². The zero-order chi connectivity index (χ0) is 20.6. The first-order valence-electron chi connectivity index (χ1n) is 9.78. The summed E-state index contributed by atoms with van der Waals surface area (Å²) in [7, 11) is 0. The smallest absolute Gasteiger partial charge is 0.317 e. The SMILES string of the molecule is CCOC(=O)[C@H]1[C@@H]2NC(=S)N(c3ccccc3)[C@@]1(C)Oc1c(OCC)cccc12. The first-order valence-corrected chi connectivity index (χ1v) is 10.2. The van der Waals surface area contributed by atoms with Crippen molar-refractivity contribution >= 4 is 29.0 Å². The number of nitrogens with one attached hydrogen (secondary N) is 1. The van der Waals surface area contributed by atoms with Gasteiger partial charge in [0.1, 0.15) is 5.92 Å². The molecule has 1 N–H and O–H groups in total. The summed E-state index contributed by atoms with van der Waals surface area (Å²) in [5.74, 6) is 0.312. The highest BCUT2D eigenvalue weighted by Crippen LogP contribution is 2.52. The molecule has 1 saturated heterocycles. The first kappa shape index (κ1) is 19.5. The number of ether oxygens (including phenoxy) is 3. The van der Waals surface area contributed by atoms with Crippen molar-refractivity contribution in [3.8, 4) is 11.5 Å². The minimum Gasteiger partial charge on any atom is -0.490 e. The number of esters is 1. The van der Waals surface area contributed by atoms with E-state index in [9.17, 15) is 4.79 Å². The largest absolute Gasteiger partial charge is 0.490 e. The molecule has 3 atom stereocenters. The van der Waals surface area contributed by atoms with E-state index < -0.39 is 11.6 Å². The zero-order valence-corrected chi connectivity index (χ0v) is 17.5. The fraction of sp³-hybridized carbons (Fsp3) is 0.364. The summed E-state index contributed by atoms with van der Waals surface area (Å²) in [5.41, 5.74) is 0.583. The summed E-state index contributed by atoms with van der Waals surface area (Å²) >= 11 is 5.70. The van der Waals surface area contributed by atoms with Gasteiger partial charge in [-0.05, 0) is 51.2 Å². The van der Waals surface area contributed by atoms with Gasteiger partial charge < -0.3 is 19.5 Å². The topological polar surface area (TPSA) is 60.0 Å². The minimum atomic E-state index is -1.08. The second kappa shape index (κ2) is 7.55. The molecule has 2 bridgehead atoms. The molecule has 2 heterocycles. The Hall–Kier alpha value is -2.80. The summed E-state index contributed by atoms with van der Waals surface area (Å²) < 4.78 is 17.8. The van der Waals surface area contributed by atoms with Crippen LogP contribution in [-0.2, 0) is 9.53 Å². The molecule has 0 spiro atoms. The number of carbonyl (C=O) groups is 1. The third-order valence-electron chi connectivity index (χ3n) is 5.34. The van der Waals surface area contributed by atoms with Crippen LogP contribution < -0.4 is 19.7 Å². The number of nitrogens with zero attached hydrogens (tertiary/aromatic N) is 1. The molecule has 0 radical (unpaired) electrons. The molecule has 4 rings (SSSR count). The number of anilines is 1. The van der Waals surface area contributed by atoms with Crippen LogP contribution in [0.2, 0.25) is 0 Å². The summed E-state index contributed by atoms with van der Waals surface area (Å²) in [4.78, 5) is 14.9. The van der Waals surface area contributed by atoms with Crippen LogP contribution in [0.3, 0.4) is 0 Å². The normalized spacial score (nSPS) is 24.8. The number of para-hydroxylation sites is 2. The van der Waals surface area contributed by atoms with Crippen LogP contribution in [0.5, 0.6) is 11.5 Å². The number of rotatable bonds is 5. The molecular formula is C22H24N2O4S. The van der Waals surface area contributed by atoms with Gasteiger partial charge in [0, 0.05) is 11.3 Å². The van der Waals surface area contributed by atoms with Crippen LogP contribution in [0, 0.1) is 5.92 Å². The Labute approximate surface area is 175 Å². The average molecular weight is 413 g/mol. The van der Waals surface area contributed by atoms with Crippen molar-refractivity contribution in [2.24, 2.45) is 5.92 Å². The lowest BCUT2D eigenvalue weighted by Crippen LogP contribution is -2.71. The molecule has 29 heavy (non-hydrogen) atoms. The Morgan fingerprint density at radius 1 is 1.17 bits per heavy atom. The molecule has 0 unspecified atom stereocenters. The van der Waals surface area contributed by atoms with Crippen LogP contribution in [0.4, 0.5) is 5.69 Å². The molecule has 0 aliphatic carbocycles. The van der Waals surface area contributed by atoms with E-state index in [2.05, 4.69) is 5.32 Å². The molecule has 2 aliphatic heterocycles. The third-order valence-corrected chi connectivity index (χ3v) is 5.64. The average Bonchev–Trinajstić information content (AvgIpc) is 2.69. The van der Waals surface area contributed by atoms with E-state index in [1.54, 1.807) is 6.92 Å². The highest BCUT2D eigenvalue weighted by Gasteiger charge is 2.60. The Morgan fingerprint density at radius 2 is 1.93 bits per heavy atom. The van der Waals surface area contributed by atoms with Crippen LogP contribution in [0.25, 0.3) is 0 Å². The number of carbonyl (C=O) groups excluding carboxylic acids is 1. The molecule has 0 aromatic heterocycles. The molecule has 0 amide bonds. The van der Waals surface area contributed by atoms with Gasteiger partial charge >= 0.3 is 5.97 Å². The lowest BCUT2D eigenvalue weighted by atomic mass is 9.79. The van der Waals surface area contributed by atoms with Gasteiger partial charge in [-0.1, -0.05) is 30.3 Å². The molecule has 2 aromatic carbocycles. The molecule has 152 valence electrons. The van der Waals surface area contributed by atoms with E-state index in [0.29, 0.717) is 29.8 Å². The lowest BCUT2D eigenvalue weighted by Gasteiger charge is -2.55. The number of fused-ring (bicyclic) bond motifs is 4. The Bertz CT molecular complexity index is 936. The van der Waals surface area contributed by atoms with Crippen molar-refractivity contribution in [2.45, 2.75) is 32.5 Å². The van der Waals surface area contributed by atoms with E-state index in [-0.39, 0.29) is 12.0 Å². The molecule has 7 heteroatoms. The summed E-state index contributed by atoms with van der Waals surface area (Å²) in [6, 6.07) is 15.0. The third kappa shape index (κ3) is 3.09. The summed E-state index contributed by atoms with van der Waals surface area (Å²) in [5, 5.41) is 3.85. The fourth-order valence-electron chi connectivity index (χ4n) is 4.20. The summed E-state index contributed by atoms with van der Waals surface area (Å²) in [6.45, 7) is 6.41. The van der Waals surface area contributed by atoms with Crippen LogP contribution in [0.1, 0.15) is 32.4 Å². The van der Waals surface area contributed by atoms with Crippen LogP contribution in [-0.4, -0.2) is 30.0 Å². The predicted molar refractivity (Wildman–Crippen MR) is 114 cm³/mol. The second-order valence-corrected chi connectivity index (χ2v) is 7.48. The van der Waals surface area contributed by atoms with E-state index in [4.69, 9.17) is 26.4 Å². The number of hydrogen-bond donors (Lipinski definition) is 1. The van der Waals surface area contributed by atoms with Gasteiger partial charge in [-0.25, -0.2) is 0 Å². The predicted octanol–water partition coefficient (Wildman–Crippen LogP) is 3.81. The lowest BCUT2D eigenvalue weighted by molar-refractivity contribution is -0.159. The van der Waals surface area contributed by atoms with Crippen molar-refractivity contribution in [3.63, 3.8) is 0 Å². The molecule has 0 saturated carbocycles. The highest BCUT2D eigenvalue weighted by molar-refractivity contribution is 7.80. The number of thiocarbonyl (C=S) groups is 1. The van der Waals surface area contributed by atoms with Crippen LogP contribution >= 0.6 is 12.2 Å². The molecular weight excluding hydrogens is 388 g/mol. The van der Waals surface area contributed by atoms with Crippen molar-refractivity contribution in [1.82, 2.24) is 5.32 Å². The van der Waals surface area contributed by atoms with Gasteiger partial charge in [-0.2, -0.15) is 0 Å². The second-order valence-electron chi connectivity index (χ2n) is 7.09. The van der Waals surface area contributed by atoms with Gasteiger partial charge in [0.2, 0.25) is 5.72 Å². The van der Waals surface area contributed by atoms with Crippen LogP contribution in [0.15, 0.2) is 48.5 Å². The maximum Gasteiger partial charge on any atom is 0.317 e. The quantitative estimate of drug-likeness (QED) is 0.592. The molecule has 2 aliphatic rings. The summed E-state index contributed by atoms with van der Waals surface area (Å²) in [6.07, 6.45) is 0. The zero-order valence-electron chi connectivity index (χ0n) is 16.7. The van der Waals surface area contributed by atoms with Crippen molar-refractivity contribution in [1.29, 1.82) is 0 Å². The van der Waals surface area contributed by atoms with Gasteiger partial charge in [0.25, 0.3) is 0 Å². The maximum absolute atomic E-state index is 13.1. The van der Waals surface area contributed by atoms with E-state index in [0.717, 1.165) is 11.3 Å². The van der Waals surface area contributed by atoms with Gasteiger partial charge in [-0.15, -0.1) is 0 Å². The fourth-order valence-corrected chi connectivity index (χ4v) is 4.61. The highest BCUT2D eigenvalue weighted by atomic mass is 32.1. The standard InChI is InChI=1S/C22H24N2O4S/c1-4-26-16-13-9-12-15-18-17(20(25)27-5-2)22(3,28-19(15)16)24(21(29)23-18)14-10-7-6-8-11-14/h6-13,17-18H,4-5H2,1-3H3,(H,23,29)/t17-,18-,22+/m1/s1. The Balaban J connectivity index is 1.90. The molecule has 2 aromatic rings. The van der Waals surface area contributed by atoms with Crippen molar-refractivity contribution < 1.29 is 19.0 Å². The van der Waals surface area contributed by atoms with Gasteiger partial charge in [0.15, 0.2) is 16.6 Å². The first-order chi connectivity index (χ1) is 14.0. The maximum atomic E-state index is 13.1. The Morgan fingerprint density at radius 3 is 2.62 bits per heavy atom. The molecule has 6 nitrogen and oxygen atoms in total. The number of hydrogen-bond acceptors (Lipinski definition) is 5. The van der Waals surface area contributed by atoms with E-state index in [1.165, 1.54) is 0 Å². The van der Waals surface area contributed by atoms with Crippen molar-refractivity contribution in [2.75, 3.05) is 18.1 Å². The van der Waals surface area contributed by atoms with E-state index in [1.807, 2.05) is 67.3 Å². The van der Waals surface area contributed by atoms with E-state index >= 15 is 0 Å². The number of benzene rings is 2. The van der Waals surface area contributed by atoms with Crippen molar-refractivity contribution in [3.05, 3.63) is 54.1 Å². The van der Waals surface area contributed by atoms with Gasteiger partial charge in [-0.3, -0.25) is 9.69 Å². The Kier molecular flexibility index (Phi) is 5.08.